The van der Waals surface area contributed by atoms with Crippen molar-refractivity contribution in [3.05, 3.63) is 58.1 Å². The predicted molar refractivity (Wildman–Crippen MR) is 103 cm³/mol. The summed E-state index contributed by atoms with van der Waals surface area (Å²) in [6, 6.07) is 12.8. The number of aryl methyl sites for hydroxylation is 1. The van der Waals surface area contributed by atoms with Crippen LogP contribution in [0.3, 0.4) is 0 Å². The molecule has 2 fully saturated rings. The van der Waals surface area contributed by atoms with Gasteiger partial charge in [0.15, 0.2) is 0 Å². The molecule has 0 aromatic heterocycles. The molecule has 2 aromatic rings. The van der Waals surface area contributed by atoms with Crippen molar-refractivity contribution in [2.45, 2.75) is 12.5 Å². The van der Waals surface area contributed by atoms with Crippen LogP contribution in [-0.4, -0.2) is 24.3 Å². The maximum absolute atomic E-state index is 13.4. The van der Waals surface area contributed by atoms with Gasteiger partial charge in [0.2, 0.25) is 17.7 Å². The fraction of sp³-hybridized carbons (Fsp3) is 0.250. The molecule has 5 rings (SSSR count). The van der Waals surface area contributed by atoms with Crippen molar-refractivity contribution >= 4 is 45.0 Å². The van der Waals surface area contributed by atoms with Crippen molar-refractivity contribution in [3.63, 3.8) is 0 Å². The van der Waals surface area contributed by atoms with Crippen LogP contribution in [0.5, 0.6) is 0 Å². The van der Waals surface area contributed by atoms with E-state index in [4.69, 9.17) is 0 Å². The number of anilines is 2. The molecule has 0 aliphatic carbocycles. The zero-order chi connectivity index (χ0) is 18.9. The van der Waals surface area contributed by atoms with Crippen molar-refractivity contribution in [2.75, 3.05) is 16.8 Å². The lowest BCUT2D eigenvalue weighted by Gasteiger charge is -2.28. The molecule has 3 aliphatic rings. The van der Waals surface area contributed by atoms with E-state index in [-0.39, 0.29) is 24.3 Å². The lowest BCUT2D eigenvalue weighted by Crippen LogP contribution is -2.51. The third-order valence-electron chi connectivity index (χ3n) is 5.80. The van der Waals surface area contributed by atoms with Gasteiger partial charge >= 0.3 is 0 Å². The van der Waals surface area contributed by atoms with Gasteiger partial charge in [-0.2, -0.15) is 0 Å². The number of halogens is 1. The molecule has 136 valence electrons. The van der Waals surface area contributed by atoms with Gasteiger partial charge in [-0.3, -0.25) is 19.7 Å². The highest BCUT2D eigenvalue weighted by atomic mass is 79.9. The third-order valence-corrected chi connectivity index (χ3v) is 6.29. The number of rotatable bonds is 1. The molecule has 2 N–H and O–H groups in total. The van der Waals surface area contributed by atoms with E-state index in [1.54, 1.807) is 18.2 Å². The SMILES string of the molecule is Cc1ccc(N2C(=O)[C@@H]3[C@@H](CN[C@@]34C(=O)Nc3ccc(Br)cc34)C2=O)cc1. The largest absolute Gasteiger partial charge is 0.324 e. The summed E-state index contributed by atoms with van der Waals surface area (Å²) in [5.41, 5.74) is 1.76. The van der Waals surface area contributed by atoms with Gasteiger partial charge in [-0.25, -0.2) is 4.90 Å². The molecule has 3 heterocycles. The van der Waals surface area contributed by atoms with Crippen LogP contribution in [0.15, 0.2) is 46.9 Å². The molecular weight excluding hydrogens is 410 g/mol. The van der Waals surface area contributed by atoms with Crippen LogP contribution in [0, 0.1) is 18.8 Å². The minimum atomic E-state index is -1.21. The first-order valence-corrected chi connectivity index (χ1v) is 9.54. The van der Waals surface area contributed by atoms with Crippen LogP contribution in [0.2, 0.25) is 0 Å². The fourth-order valence-corrected chi connectivity index (χ4v) is 4.89. The highest BCUT2D eigenvalue weighted by Crippen LogP contribution is 2.51. The standard InChI is InChI=1S/C20H16BrN3O3/c1-10-2-5-12(6-3-10)24-17(25)13-9-22-20(16(13)18(24)26)14-8-11(21)4-7-15(14)23-19(20)27/h2-8,13,16,22H,9H2,1H3,(H,23,27)/t13-,16+,20-/m1/s1. The summed E-state index contributed by atoms with van der Waals surface area (Å²) in [4.78, 5) is 40.6. The van der Waals surface area contributed by atoms with Gasteiger partial charge in [-0.15, -0.1) is 0 Å². The van der Waals surface area contributed by atoms with Crippen LogP contribution in [0.25, 0.3) is 0 Å². The topological polar surface area (TPSA) is 78.5 Å². The molecule has 2 aromatic carbocycles. The van der Waals surface area contributed by atoms with Gasteiger partial charge in [0.1, 0.15) is 5.54 Å². The van der Waals surface area contributed by atoms with E-state index in [0.29, 0.717) is 16.9 Å². The quantitative estimate of drug-likeness (QED) is 0.687. The van der Waals surface area contributed by atoms with Crippen LogP contribution >= 0.6 is 15.9 Å². The molecule has 0 bridgehead atoms. The molecule has 0 unspecified atom stereocenters. The third kappa shape index (κ3) is 2.06. The first-order valence-electron chi connectivity index (χ1n) is 8.74. The average molecular weight is 426 g/mol. The van der Waals surface area contributed by atoms with Crippen molar-refractivity contribution in [1.82, 2.24) is 5.32 Å². The number of hydrogen-bond donors (Lipinski definition) is 2. The van der Waals surface area contributed by atoms with Gasteiger partial charge in [0, 0.05) is 22.3 Å². The van der Waals surface area contributed by atoms with Crippen molar-refractivity contribution < 1.29 is 14.4 Å². The molecule has 2 saturated heterocycles. The molecule has 0 saturated carbocycles. The van der Waals surface area contributed by atoms with Crippen molar-refractivity contribution in [3.8, 4) is 0 Å². The number of amides is 3. The minimum Gasteiger partial charge on any atom is -0.324 e. The van der Waals surface area contributed by atoms with Crippen LogP contribution in [0.4, 0.5) is 11.4 Å². The Hall–Kier alpha value is -2.51. The Morgan fingerprint density at radius 3 is 2.56 bits per heavy atom. The monoisotopic (exact) mass is 425 g/mol. The smallest absolute Gasteiger partial charge is 0.250 e. The van der Waals surface area contributed by atoms with E-state index >= 15 is 0 Å². The number of carbonyl (C=O) groups is 3. The van der Waals surface area contributed by atoms with Gasteiger partial charge in [0.25, 0.3) is 0 Å². The maximum Gasteiger partial charge on any atom is 0.250 e. The highest BCUT2D eigenvalue weighted by molar-refractivity contribution is 9.10. The Labute approximate surface area is 164 Å². The summed E-state index contributed by atoms with van der Waals surface area (Å²) >= 11 is 3.44. The van der Waals surface area contributed by atoms with Crippen LogP contribution in [0.1, 0.15) is 11.1 Å². The Morgan fingerprint density at radius 1 is 1.07 bits per heavy atom. The summed E-state index contributed by atoms with van der Waals surface area (Å²) in [5.74, 6) is -2.19. The average Bonchev–Trinajstić information content (AvgIpc) is 3.25. The van der Waals surface area contributed by atoms with E-state index in [2.05, 4.69) is 26.6 Å². The molecule has 6 nitrogen and oxygen atoms in total. The second kappa shape index (κ2) is 5.50. The van der Waals surface area contributed by atoms with Gasteiger partial charge in [-0.05, 0) is 37.3 Å². The Kier molecular flexibility index (Phi) is 3.39. The number of nitrogens with zero attached hydrogens (tertiary/aromatic N) is 1. The van der Waals surface area contributed by atoms with E-state index < -0.39 is 17.4 Å². The normalized spacial score (nSPS) is 28.7. The van der Waals surface area contributed by atoms with Gasteiger partial charge in [-0.1, -0.05) is 33.6 Å². The first-order chi connectivity index (χ1) is 12.9. The Morgan fingerprint density at radius 2 is 1.81 bits per heavy atom. The molecule has 7 heteroatoms. The van der Waals surface area contributed by atoms with E-state index in [9.17, 15) is 14.4 Å². The molecule has 1 spiro atoms. The molecule has 3 amide bonds. The number of imide groups is 1. The second-order valence-electron chi connectivity index (χ2n) is 7.26. The molecule has 3 atom stereocenters. The predicted octanol–water partition coefficient (Wildman–Crippen LogP) is 2.31. The van der Waals surface area contributed by atoms with Crippen molar-refractivity contribution in [2.24, 2.45) is 11.8 Å². The second-order valence-corrected chi connectivity index (χ2v) is 8.18. The lowest BCUT2D eigenvalue weighted by atomic mass is 9.77. The number of hydrogen-bond acceptors (Lipinski definition) is 4. The van der Waals surface area contributed by atoms with Gasteiger partial charge in [0.05, 0.1) is 17.5 Å². The minimum absolute atomic E-state index is 0.255. The summed E-state index contributed by atoms with van der Waals surface area (Å²) in [5, 5.41) is 6.07. The number of fused-ring (bicyclic) bond motifs is 4. The summed E-state index contributed by atoms with van der Waals surface area (Å²) < 4.78 is 0.814. The summed E-state index contributed by atoms with van der Waals surface area (Å²) in [7, 11) is 0. The number of nitrogens with one attached hydrogen (secondary N) is 2. The highest BCUT2D eigenvalue weighted by Gasteiger charge is 2.67. The van der Waals surface area contributed by atoms with Crippen molar-refractivity contribution in [1.29, 1.82) is 0 Å². The zero-order valence-corrected chi connectivity index (χ0v) is 16.0. The van der Waals surface area contributed by atoms with Gasteiger partial charge < -0.3 is 5.32 Å². The first kappa shape index (κ1) is 16.6. The number of carbonyl (C=O) groups excluding carboxylic acids is 3. The fourth-order valence-electron chi connectivity index (χ4n) is 4.53. The van der Waals surface area contributed by atoms with Crippen LogP contribution < -0.4 is 15.5 Å². The zero-order valence-electron chi connectivity index (χ0n) is 14.5. The lowest BCUT2D eigenvalue weighted by molar-refractivity contribution is -0.130. The van der Waals surface area contributed by atoms with Crippen LogP contribution in [-0.2, 0) is 19.9 Å². The maximum atomic E-state index is 13.4. The summed E-state index contributed by atoms with van der Waals surface area (Å²) in [6.07, 6.45) is 0. The number of benzene rings is 2. The van der Waals surface area contributed by atoms with E-state index in [1.165, 1.54) is 4.90 Å². The molecule has 0 radical (unpaired) electrons. The Balaban J connectivity index is 1.63. The van der Waals surface area contributed by atoms with E-state index in [1.807, 2.05) is 31.2 Å². The molecular formula is C20H16BrN3O3. The molecule has 27 heavy (non-hydrogen) atoms. The van der Waals surface area contributed by atoms with E-state index in [0.717, 1.165) is 10.0 Å². The molecule has 3 aliphatic heterocycles. The Bertz CT molecular complexity index is 1020. The summed E-state index contributed by atoms with van der Waals surface area (Å²) in [6.45, 7) is 2.24.